The summed E-state index contributed by atoms with van der Waals surface area (Å²) in [6, 6.07) is 32.4. The van der Waals surface area contributed by atoms with Gasteiger partial charge in [-0.05, 0) is 72.6 Å². The largest absolute Gasteiger partial charge is 0.380 e. The van der Waals surface area contributed by atoms with Crippen LogP contribution >= 0.6 is 0 Å². The Morgan fingerprint density at radius 2 is 1.53 bits per heavy atom. The molecule has 2 aromatic heterocycles. The lowest BCUT2D eigenvalue weighted by Gasteiger charge is -2.30. The Bertz CT molecular complexity index is 1390. The summed E-state index contributed by atoms with van der Waals surface area (Å²) in [5.41, 5.74) is 5.54. The van der Waals surface area contributed by atoms with E-state index in [1.165, 1.54) is 0 Å². The van der Waals surface area contributed by atoms with Crippen LogP contribution in [-0.4, -0.2) is 28.7 Å². The fourth-order valence-electron chi connectivity index (χ4n) is 4.48. The van der Waals surface area contributed by atoms with Crippen molar-refractivity contribution in [1.82, 2.24) is 15.3 Å². The standard InChI is InChI=1S/C30H27N3O/c1-31-18-16-30(34,24-12-6-3-7-13-24)25-14-15-28-27(19-25)26(22-9-4-2-5-10-22)20-29(33-28)23-11-8-17-32-21-23/h2-15,17,19-21,31,34H,16,18H2,1H3. The number of benzene rings is 3. The molecule has 1 atom stereocenters. The number of hydrogen-bond acceptors (Lipinski definition) is 4. The second-order valence-corrected chi connectivity index (χ2v) is 8.47. The van der Waals surface area contributed by atoms with Crippen molar-refractivity contribution in [2.24, 2.45) is 0 Å². The number of aromatic nitrogens is 2. The molecule has 0 amide bonds. The Hall–Kier alpha value is -3.86. The van der Waals surface area contributed by atoms with Crippen molar-refractivity contribution in [2.45, 2.75) is 12.0 Å². The molecule has 0 bridgehead atoms. The minimum Gasteiger partial charge on any atom is -0.380 e. The lowest BCUT2D eigenvalue weighted by molar-refractivity contribution is 0.0718. The molecule has 0 saturated heterocycles. The van der Waals surface area contributed by atoms with Crippen LogP contribution in [0, 0.1) is 0 Å². The van der Waals surface area contributed by atoms with Gasteiger partial charge in [-0.15, -0.1) is 0 Å². The number of hydrogen-bond donors (Lipinski definition) is 2. The van der Waals surface area contributed by atoms with E-state index in [1.54, 1.807) is 6.20 Å². The van der Waals surface area contributed by atoms with Gasteiger partial charge in [0.15, 0.2) is 0 Å². The lowest BCUT2D eigenvalue weighted by Crippen LogP contribution is -2.31. The van der Waals surface area contributed by atoms with Gasteiger partial charge in [0.1, 0.15) is 5.60 Å². The number of nitrogens with zero attached hydrogens (tertiary/aromatic N) is 2. The molecular formula is C30H27N3O. The van der Waals surface area contributed by atoms with E-state index in [-0.39, 0.29) is 0 Å². The van der Waals surface area contributed by atoms with Crippen LogP contribution in [-0.2, 0) is 5.60 Å². The molecule has 0 aliphatic carbocycles. The first-order valence-corrected chi connectivity index (χ1v) is 11.5. The van der Waals surface area contributed by atoms with Gasteiger partial charge in [0.05, 0.1) is 11.2 Å². The predicted octanol–water partition coefficient (Wildman–Crippen LogP) is 5.81. The molecule has 1 unspecified atom stereocenters. The smallest absolute Gasteiger partial charge is 0.116 e. The topological polar surface area (TPSA) is 58.0 Å². The summed E-state index contributed by atoms with van der Waals surface area (Å²) >= 11 is 0. The summed E-state index contributed by atoms with van der Waals surface area (Å²) in [6.07, 6.45) is 4.16. The summed E-state index contributed by atoms with van der Waals surface area (Å²) in [5, 5.41) is 16.2. The first-order chi connectivity index (χ1) is 16.7. The minimum atomic E-state index is -1.12. The van der Waals surface area contributed by atoms with Crippen LogP contribution in [0.4, 0.5) is 0 Å². The molecule has 2 N–H and O–H groups in total. The molecule has 0 spiro atoms. The average molecular weight is 446 g/mol. The minimum absolute atomic E-state index is 0.556. The van der Waals surface area contributed by atoms with Crippen LogP contribution < -0.4 is 5.32 Å². The molecule has 2 heterocycles. The number of pyridine rings is 2. The van der Waals surface area contributed by atoms with Crippen molar-refractivity contribution >= 4 is 10.9 Å². The van der Waals surface area contributed by atoms with Crippen molar-refractivity contribution in [3.05, 3.63) is 121 Å². The van der Waals surface area contributed by atoms with Gasteiger partial charge < -0.3 is 10.4 Å². The molecule has 5 aromatic rings. The van der Waals surface area contributed by atoms with E-state index in [1.807, 2.05) is 86.0 Å². The highest BCUT2D eigenvalue weighted by atomic mass is 16.3. The normalized spacial score (nSPS) is 13.0. The number of rotatable bonds is 7. The lowest BCUT2D eigenvalue weighted by atomic mass is 9.82. The van der Waals surface area contributed by atoms with Crippen LogP contribution in [0.15, 0.2) is 109 Å². The summed E-state index contributed by atoms with van der Waals surface area (Å²) in [4.78, 5) is 9.23. The van der Waals surface area contributed by atoms with E-state index in [0.29, 0.717) is 13.0 Å². The second kappa shape index (κ2) is 9.56. The SMILES string of the molecule is CNCCC(O)(c1ccccc1)c1ccc2nc(-c3cccnc3)cc(-c3ccccc3)c2c1. The van der Waals surface area contributed by atoms with Gasteiger partial charge in [0, 0.05) is 23.3 Å². The molecule has 4 heteroatoms. The van der Waals surface area contributed by atoms with Crippen LogP contribution in [0.2, 0.25) is 0 Å². The van der Waals surface area contributed by atoms with Crippen molar-refractivity contribution in [3.63, 3.8) is 0 Å². The third kappa shape index (κ3) is 4.21. The number of nitrogens with one attached hydrogen (secondary N) is 1. The third-order valence-corrected chi connectivity index (χ3v) is 6.32. The Morgan fingerprint density at radius 3 is 2.24 bits per heavy atom. The van der Waals surface area contributed by atoms with Gasteiger partial charge in [-0.3, -0.25) is 4.98 Å². The molecule has 168 valence electrons. The zero-order valence-electron chi connectivity index (χ0n) is 19.1. The second-order valence-electron chi connectivity index (χ2n) is 8.47. The van der Waals surface area contributed by atoms with E-state index in [2.05, 4.69) is 34.6 Å². The average Bonchev–Trinajstić information content (AvgIpc) is 2.92. The highest BCUT2D eigenvalue weighted by Gasteiger charge is 2.31. The van der Waals surface area contributed by atoms with Crippen LogP contribution in [0.3, 0.4) is 0 Å². The Labute approximate surface area is 200 Å². The Balaban J connectivity index is 1.73. The molecule has 0 fully saturated rings. The summed E-state index contributed by atoms with van der Waals surface area (Å²) in [7, 11) is 1.91. The molecule has 4 nitrogen and oxygen atoms in total. The maximum absolute atomic E-state index is 12.0. The van der Waals surface area contributed by atoms with Gasteiger partial charge >= 0.3 is 0 Å². The van der Waals surface area contributed by atoms with Gasteiger partial charge in [-0.1, -0.05) is 66.7 Å². The fraction of sp³-hybridized carbons (Fsp3) is 0.133. The van der Waals surface area contributed by atoms with Crippen molar-refractivity contribution < 1.29 is 5.11 Å². The summed E-state index contributed by atoms with van der Waals surface area (Å²) in [5.74, 6) is 0. The third-order valence-electron chi connectivity index (χ3n) is 6.32. The Morgan fingerprint density at radius 1 is 0.794 bits per heavy atom. The van der Waals surface area contributed by atoms with Gasteiger partial charge in [0.2, 0.25) is 0 Å². The Kier molecular flexibility index (Phi) is 6.17. The molecule has 0 aliphatic rings. The maximum Gasteiger partial charge on any atom is 0.116 e. The van der Waals surface area contributed by atoms with Gasteiger partial charge in [-0.25, -0.2) is 4.98 Å². The number of fused-ring (bicyclic) bond motifs is 1. The predicted molar refractivity (Wildman–Crippen MR) is 138 cm³/mol. The van der Waals surface area contributed by atoms with E-state index in [9.17, 15) is 5.11 Å². The molecule has 3 aromatic carbocycles. The highest BCUT2D eigenvalue weighted by Crippen LogP contribution is 2.38. The quantitative estimate of drug-likeness (QED) is 0.332. The highest BCUT2D eigenvalue weighted by molar-refractivity contribution is 5.97. The molecular weight excluding hydrogens is 418 g/mol. The van der Waals surface area contributed by atoms with Crippen LogP contribution in [0.1, 0.15) is 17.5 Å². The summed E-state index contributed by atoms with van der Waals surface area (Å²) < 4.78 is 0. The van der Waals surface area contributed by atoms with Gasteiger partial charge in [0.25, 0.3) is 0 Å². The zero-order valence-corrected chi connectivity index (χ0v) is 19.1. The first-order valence-electron chi connectivity index (χ1n) is 11.5. The van der Waals surface area contributed by atoms with Crippen molar-refractivity contribution in [3.8, 4) is 22.4 Å². The monoisotopic (exact) mass is 445 g/mol. The molecule has 0 saturated carbocycles. The molecule has 5 rings (SSSR count). The van der Waals surface area contributed by atoms with E-state index < -0.39 is 5.60 Å². The molecule has 34 heavy (non-hydrogen) atoms. The van der Waals surface area contributed by atoms with Crippen molar-refractivity contribution in [2.75, 3.05) is 13.6 Å². The van der Waals surface area contributed by atoms with Crippen molar-refractivity contribution in [1.29, 1.82) is 0 Å². The maximum atomic E-state index is 12.0. The molecule has 0 aliphatic heterocycles. The summed E-state index contributed by atoms with van der Waals surface area (Å²) in [6.45, 7) is 0.688. The van der Waals surface area contributed by atoms with E-state index in [4.69, 9.17) is 4.98 Å². The van der Waals surface area contributed by atoms with E-state index >= 15 is 0 Å². The molecule has 0 radical (unpaired) electrons. The first kappa shape index (κ1) is 22.0. The van der Waals surface area contributed by atoms with E-state index in [0.717, 1.165) is 44.4 Å². The van der Waals surface area contributed by atoms with Crippen LogP contribution in [0.25, 0.3) is 33.3 Å². The number of aliphatic hydroxyl groups is 1. The fourth-order valence-corrected chi connectivity index (χ4v) is 4.48. The zero-order chi connectivity index (χ0) is 23.4. The van der Waals surface area contributed by atoms with Gasteiger partial charge in [-0.2, -0.15) is 0 Å². The van der Waals surface area contributed by atoms with Crippen LogP contribution in [0.5, 0.6) is 0 Å².